The van der Waals surface area contributed by atoms with Crippen LogP contribution in [0.1, 0.15) is 29.5 Å². The lowest BCUT2D eigenvalue weighted by molar-refractivity contribution is -0.0255. The minimum Gasteiger partial charge on any atom is -0.445 e. The van der Waals surface area contributed by atoms with Gasteiger partial charge in [-0.05, 0) is 42.5 Å². The van der Waals surface area contributed by atoms with E-state index in [1.54, 1.807) is 4.90 Å². The molecule has 0 bridgehead atoms. The van der Waals surface area contributed by atoms with Crippen molar-refractivity contribution in [3.63, 3.8) is 0 Å². The lowest BCUT2D eigenvalue weighted by Gasteiger charge is -2.38. The Labute approximate surface area is 153 Å². The predicted octanol–water partition coefficient (Wildman–Crippen LogP) is 4.27. The van der Waals surface area contributed by atoms with Crippen LogP contribution in [0.15, 0.2) is 48.5 Å². The van der Waals surface area contributed by atoms with Crippen LogP contribution in [-0.4, -0.2) is 29.2 Å². The molecule has 25 heavy (non-hydrogen) atoms. The molecule has 3 rings (SSSR count). The molecular formula is C20H22ClNO3. The van der Waals surface area contributed by atoms with Crippen LogP contribution in [0, 0.1) is 6.92 Å². The van der Waals surface area contributed by atoms with Gasteiger partial charge in [0.25, 0.3) is 0 Å². The maximum atomic E-state index is 12.2. The molecule has 5 heteroatoms. The van der Waals surface area contributed by atoms with Gasteiger partial charge in [0.2, 0.25) is 0 Å². The average Bonchev–Trinajstić information content (AvgIpc) is 2.63. The van der Waals surface area contributed by atoms with E-state index in [9.17, 15) is 9.90 Å². The normalized spacial score (nSPS) is 16.5. The van der Waals surface area contributed by atoms with Gasteiger partial charge in [0.05, 0.1) is 5.60 Å². The Morgan fingerprint density at radius 2 is 1.88 bits per heavy atom. The van der Waals surface area contributed by atoms with Gasteiger partial charge in [-0.2, -0.15) is 0 Å². The summed E-state index contributed by atoms with van der Waals surface area (Å²) in [5.41, 5.74) is 1.83. The largest absolute Gasteiger partial charge is 0.445 e. The molecule has 1 fully saturated rings. The van der Waals surface area contributed by atoms with E-state index in [0.29, 0.717) is 31.0 Å². The second-order valence-electron chi connectivity index (χ2n) is 6.52. The topological polar surface area (TPSA) is 49.8 Å². The molecule has 0 atom stereocenters. The van der Waals surface area contributed by atoms with Gasteiger partial charge in [-0.25, -0.2) is 4.79 Å². The number of halogens is 1. The summed E-state index contributed by atoms with van der Waals surface area (Å²) in [6, 6.07) is 15.2. The zero-order valence-electron chi connectivity index (χ0n) is 14.2. The monoisotopic (exact) mass is 359 g/mol. The van der Waals surface area contributed by atoms with E-state index in [1.165, 1.54) is 0 Å². The number of carbonyl (C=O) groups excluding carboxylic acids is 1. The van der Waals surface area contributed by atoms with Gasteiger partial charge in [0.1, 0.15) is 6.61 Å². The van der Waals surface area contributed by atoms with Crippen molar-refractivity contribution in [1.29, 1.82) is 0 Å². The lowest BCUT2D eigenvalue weighted by atomic mass is 9.84. The number of piperidine rings is 1. The van der Waals surface area contributed by atoms with Gasteiger partial charge < -0.3 is 14.7 Å². The van der Waals surface area contributed by atoms with Crippen molar-refractivity contribution in [2.24, 2.45) is 0 Å². The Balaban J connectivity index is 1.57. The standard InChI is InChI=1S/C20H22ClNO3/c1-15-13-17(7-8-18(15)21)20(24)9-11-22(12-10-20)19(23)25-14-16-5-3-2-4-6-16/h2-8,13,24H,9-12,14H2,1H3. The van der Waals surface area contributed by atoms with Gasteiger partial charge in [0.15, 0.2) is 0 Å². The van der Waals surface area contributed by atoms with Gasteiger partial charge >= 0.3 is 6.09 Å². The van der Waals surface area contributed by atoms with Crippen LogP contribution in [0.4, 0.5) is 4.79 Å². The molecule has 1 aliphatic rings. The number of likely N-dealkylation sites (tertiary alicyclic amines) is 1. The van der Waals surface area contributed by atoms with Crippen LogP contribution < -0.4 is 0 Å². The molecule has 1 aliphatic heterocycles. The first-order valence-corrected chi connectivity index (χ1v) is 8.80. The molecule has 132 valence electrons. The molecule has 0 saturated carbocycles. The summed E-state index contributed by atoms with van der Waals surface area (Å²) in [6.45, 7) is 3.11. The van der Waals surface area contributed by atoms with Gasteiger partial charge in [-0.15, -0.1) is 0 Å². The molecular weight excluding hydrogens is 338 g/mol. The van der Waals surface area contributed by atoms with Crippen molar-refractivity contribution < 1.29 is 14.6 Å². The second kappa shape index (κ2) is 7.46. The molecule has 0 unspecified atom stereocenters. The number of rotatable bonds is 3. The average molecular weight is 360 g/mol. The van der Waals surface area contributed by atoms with E-state index in [2.05, 4.69) is 0 Å². The first-order chi connectivity index (χ1) is 12.0. The summed E-state index contributed by atoms with van der Waals surface area (Å²) in [5.74, 6) is 0. The number of carbonyl (C=O) groups is 1. The Bertz CT molecular complexity index is 740. The van der Waals surface area contributed by atoms with Gasteiger partial charge in [-0.3, -0.25) is 0 Å². The van der Waals surface area contributed by atoms with Crippen LogP contribution in [-0.2, 0) is 16.9 Å². The first-order valence-electron chi connectivity index (χ1n) is 8.42. The third-order valence-electron chi connectivity index (χ3n) is 4.75. The van der Waals surface area contributed by atoms with Crippen molar-refractivity contribution in [1.82, 2.24) is 4.90 Å². The fourth-order valence-corrected chi connectivity index (χ4v) is 3.21. The van der Waals surface area contributed by atoms with Crippen LogP contribution in [0.2, 0.25) is 5.02 Å². The minimum absolute atomic E-state index is 0.261. The SMILES string of the molecule is Cc1cc(C2(O)CCN(C(=O)OCc3ccccc3)CC2)ccc1Cl. The third kappa shape index (κ3) is 4.14. The highest BCUT2D eigenvalue weighted by Gasteiger charge is 2.36. The Hall–Kier alpha value is -2.04. The summed E-state index contributed by atoms with van der Waals surface area (Å²) in [7, 11) is 0. The minimum atomic E-state index is -0.925. The van der Waals surface area contributed by atoms with Crippen molar-refractivity contribution in [3.8, 4) is 0 Å². The fraction of sp³-hybridized carbons (Fsp3) is 0.350. The maximum absolute atomic E-state index is 12.2. The zero-order chi connectivity index (χ0) is 17.9. The lowest BCUT2D eigenvalue weighted by Crippen LogP contribution is -2.45. The number of aryl methyl sites for hydroxylation is 1. The number of nitrogens with zero attached hydrogens (tertiary/aromatic N) is 1. The van der Waals surface area contributed by atoms with Crippen molar-refractivity contribution >= 4 is 17.7 Å². The molecule has 0 spiro atoms. The highest BCUT2D eigenvalue weighted by atomic mass is 35.5. The number of ether oxygens (including phenoxy) is 1. The summed E-state index contributed by atoms with van der Waals surface area (Å²) in [6.07, 6.45) is 0.626. The highest BCUT2D eigenvalue weighted by Crippen LogP contribution is 2.34. The number of aliphatic hydroxyl groups is 1. The summed E-state index contributed by atoms with van der Waals surface area (Å²) < 4.78 is 5.36. The summed E-state index contributed by atoms with van der Waals surface area (Å²) >= 11 is 6.06. The van der Waals surface area contributed by atoms with Crippen LogP contribution >= 0.6 is 11.6 Å². The molecule has 0 radical (unpaired) electrons. The molecule has 4 nitrogen and oxygen atoms in total. The molecule has 0 aromatic heterocycles. The molecule has 0 aliphatic carbocycles. The fourth-order valence-electron chi connectivity index (χ4n) is 3.09. The molecule has 1 heterocycles. The van der Waals surface area contributed by atoms with Crippen LogP contribution in [0.3, 0.4) is 0 Å². The van der Waals surface area contributed by atoms with Gasteiger partial charge in [-0.1, -0.05) is 54.1 Å². The van der Waals surface area contributed by atoms with E-state index in [-0.39, 0.29) is 12.7 Å². The quantitative estimate of drug-likeness (QED) is 0.890. The number of amides is 1. The van der Waals surface area contributed by atoms with Crippen molar-refractivity contribution in [3.05, 3.63) is 70.2 Å². The Morgan fingerprint density at radius 1 is 1.20 bits per heavy atom. The first kappa shape index (κ1) is 17.8. The van der Waals surface area contributed by atoms with Crippen LogP contribution in [0.25, 0.3) is 0 Å². The zero-order valence-corrected chi connectivity index (χ0v) is 15.0. The van der Waals surface area contributed by atoms with Crippen molar-refractivity contribution in [2.45, 2.75) is 32.0 Å². The van der Waals surface area contributed by atoms with Crippen molar-refractivity contribution in [2.75, 3.05) is 13.1 Å². The van der Waals surface area contributed by atoms with Crippen LogP contribution in [0.5, 0.6) is 0 Å². The molecule has 1 N–H and O–H groups in total. The molecule has 2 aromatic carbocycles. The smallest absolute Gasteiger partial charge is 0.410 e. The number of hydrogen-bond acceptors (Lipinski definition) is 3. The molecule has 1 saturated heterocycles. The van der Waals surface area contributed by atoms with Gasteiger partial charge in [0, 0.05) is 18.1 Å². The van der Waals surface area contributed by atoms with E-state index >= 15 is 0 Å². The maximum Gasteiger partial charge on any atom is 0.410 e. The molecule has 2 aromatic rings. The molecule has 1 amide bonds. The van der Waals surface area contributed by atoms with E-state index in [1.807, 2.05) is 55.5 Å². The number of benzene rings is 2. The Morgan fingerprint density at radius 3 is 2.52 bits per heavy atom. The summed E-state index contributed by atoms with van der Waals surface area (Å²) in [4.78, 5) is 13.9. The second-order valence-corrected chi connectivity index (χ2v) is 6.93. The van der Waals surface area contributed by atoms with E-state index in [0.717, 1.165) is 16.7 Å². The van der Waals surface area contributed by atoms with E-state index < -0.39 is 5.60 Å². The Kier molecular flexibility index (Phi) is 5.30. The third-order valence-corrected chi connectivity index (χ3v) is 5.17. The highest BCUT2D eigenvalue weighted by molar-refractivity contribution is 6.31. The summed E-state index contributed by atoms with van der Waals surface area (Å²) in [5, 5.41) is 11.6. The number of hydrogen-bond donors (Lipinski definition) is 1. The van der Waals surface area contributed by atoms with E-state index in [4.69, 9.17) is 16.3 Å². The predicted molar refractivity (Wildman–Crippen MR) is 97.5 cm³/mol.